The Morgan fingerprint density at radius 3 is 2.46 bits per heavy atom. The van der Waals surface area contributed by atoms with E-state index in [4.69, 9.17) is 4.74 Å². The van der Waals surface area contributed by atoms with Crippen molar-refractivity contribution in [2.75, 3.05) is 26.3 Å². The van der Waals surface area contributed by atoms with Gasteiger partial charge in [0.15, 0.2) is 11.6 Å². The maximum Gasteiger partial charge on any atom is 0.229 e. The molecule has 28 heavy (non-hydrogen) atoms. The first-order valence-corrected chi connectivity index (χ1v) is 9.56. The van der Waals surface area contributed by atoms with Gasteiger partial charge in [-0.3, -0.25) is 4.79 Å². The zero-order chi connectivity index (χ0) is 19.7. The molecular formula is C22H23F2NO3. The van der Waals surface area contributed by atoms with E-state index in [0.717, 1.165) is 17.2 Å². The second kappa shape index (κ2) is 7.60. The molecular weight excluding hydrogens is 364 g/mol. The van der Waals surface area contributed by atoms with Crippen LogP contribution in [0.2, 0.25) is 0 Å². The van der Waals surface area contributed by atoms with E-state index in [9.17, 15) is 18.7 Å². The van der Waals surface area contributed by atoms with E-state index in [1.54, 1.807) is 11.0 Å². The molecule has 2 saturated heterocycles. The van der Waals surface area contributed by atoms with Crippen molar-refractivity contribution in [1.29, 1.82) is 0 Å². The lowest BCUT2D eigenvalue weighted by Crippen LogP contribution is -2.59. The van der Waals surface area contributed by atoms with Crippen molar-refractivity contribution in [2.24, 2.45) is 5.41 Å². The fraction of sp³-hybridized carbons (Fsp3) is 0.409. The zero-order valence-corrected chi connectivity index (χ0v) is 15.5. The molecule has 2 aromatic carbocycles. The van der Waals surface area contributed by atoms with Gasteiger partial charge in [-0.05, 0) is 48.1 Å². The van der Waals surface area contributed by atoms with Crippen LogP contribution in [-0.2, 0) is 16.0 Å². The van der Waals surface area contributed by atoms with Gasteiger partial charge in [0.1, 0.15) is 0 Å². The molecule has 148 valence electrons. The van der Waals surface area contributed by atoms with Crippen LogP contribution < -0.4 is 0 Å². The first-order valence-electron chi connectivity index (χ1n) is 9.56. The zero-order valence-electron chi connectivity index (χ0n) is 15.5. The topological polar surface area (TPSA) is 49.8 Å². The first-order chi connectivity index (χ1) is 13.5. The number of carbonyl (C=O) groups is 1. The molecule has 0 saturated carbocycles. The molecule has 2 aliphatic rings. The van der Waals surface area contributed by atoms with Gasteiger partial charge in [-0.25, -0.2) is 8.78 Å². The second-order valence-corrected chi connectivity index (χ2v) is 7.76. The van der Waals surface area contributed by atoms with Gasteiger partial charge in [0.05, 0.1) is 11.5 Å². The van der Waals surface area contributed by atoms with Crippen LogP contribution in [0.15, 0.2) is 42.5 Å². The fourth-order valence-electron chi connectivity index (χ4n) is 4.11. The molecule has 4 nitrogen and oxygen atoms in total. The lowest BCUT2D eigenvalue weighted by Gasteiger charge is -2.45. The molecule has 0 aromatic heterocycles. The number of hydrogen-bond acceptors (Lipinski definition) is 3. The van der Waals surface area contributed by atoms with Crippen LogP contribution >= 0.6 is 0 Å². The predicted octanol–water partition coefficient (Wildman–Crippen LogP) is 3.17. The Hall–Kier alpha value is -2.31. The molecule has 4 rings (SSSR count). The Bertz CT molecular complexity index is 874. The average molecular weight is 387 g/mol. The molecule has 2 heterocycles. The molecule has 0 aliphatic carbocycles. The van der Waals surface area contributed by atoms with Crippen molar-refractivity contribution in [3.63, 3.8) is 0 Å². The molecule has 0 atom stereocenters. The molecule has 2 fully saturated rings. The Morgan fingerprint density at radius 2 is 1.79 bits per heavy atom. The molecule has 0 spiro atoms. The number of amides is 1. The molecule has 2 aromatic rings. The summed E-state index contributed by atoms with van der Waals surface area (Å²) in [5.41, 5.74) is 1.80. The van der Waals surface area contributed by atoms with E-state index < -0.39 is 23.2 Å². The van der Waals surface area contributed by atoms with Crippen LogP contribution in [0.5, 0.6) is 0 Å². The van der Waals surface area contributed by atoms with E-state index in [0.29, 0.717) is 51.1 Å². The summed E-state index contributed by atoms with van der Waals surface area (Å²) in [6, 6.07) is 11.5. The summed E-state index contributed by atoms with van der Waals surface area (Å²) < 4.78 is 32.3. The van der Waals surface area contributed by atoms with E-state index in [2.05, 4.69) is 0 Å². The number of rotatable bonds is 4. The van der Waals surface area contributed by atoms with Crippen molar-refractivity contribution in [1.82, 2.24) is 4.90 Å². The Balaban J connectivity index is 1.60. The van der Waals surface area contributed by atoms with Crippen LogP contribution in [0, 0.1) is 17.0 Å². The highest BCUT2D eigenvalue weighted by Gasteiger charge is 2.45. The maximum atomic E-state index is 13.6. The van der Waals surface area contributed by atoms with Gasteiger partial charge in [0, 0.05) is 26.3 Å². The minimum Gasteiger partial charge on any atom is -0.389 e. The van der Waals surface area contributed by atoms with Gasteiger partial charge in [0.25, 0.3) is 0 Å². The van der Waals surface area contributed by atoms with Crippen molar-refractivity contribution in [3.8, 4) is 11.1 Å². The standard InChI is InChI=1S/C22H23F2NO3/c23-19-5-4-17(11-20(19)24)16-3-1-2-15(10-16)12-22(6-8-28-9-7-22)21(27)25-13-18(26)14-25/h1-5,10-11,18,26H,6-9,12-14H2. The van der Waals surface area contributed by atoms with Gasteiger partial charge in [0.2, 0.25) is 5.91 Å². The number of nitrogens with zero attached hydrogens (tertiary/aromatic N) is 1. The summed E-state index contributed by atoms with van der Waals surface area (Å²) in [5.74, 6) is -1.68. The lowest BCUT2D eigenvalue weighted by atomic mass is 9.73. The third kappa shape index (κ3) is 3.66. The number of halogens is 2. The first kappa shape index (κ1) is 19.0. The van der Waals surface area contributed by atoms with Gasteiger partial charge in [-0.2, -0.15) is 0 Å². The quantitative estimate of drug-likeness (QED) is 0.877. The number of aliphatic hydroxyl groups excluding tert-OH is 1. The van der Waals surface area contributed by atoms with Crippen LogP contribution in [0.1, 0.15) is 18.4 Å². The van der Waals surface area contributed by atoms with Crippen molar-refractivity contribution < 1.29 is 23.4 Å². The third-order valence-corrected chi connectivity index (χ3v) is 5.78. The summed E-state index contributed by atoms with van der Waals surface area (Å²) in [4.78, 5) is 14.9. The third-order valence-electron chi connectivity index (χ3n) is 5.78. The molecule has 1 amide bonds. The lowest BCUT2D eigenvalue weighted by molar-refractivity contribution is -0.158. The fourth-order valence-corrected chi connectivity index (χ4v) is 4.11. The molecule has 0 unspecified atom stereocenters. The number of benzene rings is 2. The predicted molar refractivity (Wildman–Crippen MR) is 101 cm³/mol. The van der Waals surface area contributed by atoms with Crippen molar-refractivity contribution >= 4 is 5.91 Å². The van der Waals surface area contributed by atoms with E-state index in [1.165, 1.54) is 6.07 Å². The van der Waals surface area contributed by atoms with Crippen LogP contribution in [-0.4, -0.2) is 48.3 Å². The monoisotopic (exact) mass is 387 g/mol. The number of aliphatic hydroxyl groups is 1. The molecule has 0 radical (unpaired) electrons. The second-order valence-electron chi connectivity index (χ2n) is 7.76. The summed E-state index contributed by atoms with van der Waals surface area (Å²) in [6.07, 6.45) is 1.39. The SMILES string of the molecule is O=C(N1CC(O)C1)C1(Cc2cccc(-c3ccc(F)c(F)c3)c2)CCOCC1. The smallest absolute Gasteiger partial charge is 0.229 e. The average Bonchev–Trinajstić information content (AvgIpc) is 2.68. The van der Waals surface area contributed by atoms with Crippen LogP contribution in [0.4, 0.5) is 8.78 Å². The van der Waals surface area contributed by atoms with Gasteiger partial charge < -0.3 is 14.7 Å². The van der Waals surface area contributed by atoms with E-state index >= 15 is 0 Å². The highest BCUT2D eigenvalue weighted by molar-refractivity contribution is 5.84. The minimum atomic E-state index is -0.879. The van der Waals surface area contributed by atoms with Crippen molar-refractivity contribution in [2.45, 2.75) is 25.4 Å². The summed E-state index contributed by atoms with van der Waals surface area (Å²) >= 11 is 0. The number of hydrogen-bond donors (Lipinski definition) is 1. The number of β-amino-alcohol motifs (C(OH)–C–C–N with tert-alkyl or cyclic N) is 1. The Morgan fingerprint density at radius 1 is 1.07 bits per heavy atom. The van der Waals surface area contributed by atoms with Crippen LogP contribution in [0.3, 0.4) is 0 Å². The Kier molecular flexibility index (Phi) is 5.17. The molecule has 1 N–H and O–H groups in total. The van der Waals surface area contributed by atoms with Gasteiger partial charge >= 0.3 is 0 Å². The molecule has 6 heteroatoms. The summed E-state index contributed by atoms with van der Waals surface area (Å²) in [7, 11) is 0. The summed E-state index contributed by atoms with van der Waals surface area (Å²) in [5, 5.41) is 9.57. The van der Waals surface area contributed by atoms with Crippen LogP contribution in [0.25, 0.3) is 11.1 Å². The van der Waals surface area contributed by atoms with Gasteiger partial charge in [-0.15, -0.1) is 0 Å². The number of carbonyl (C=O) groups excluding carboxylic acids is 1. The number of ether oxygens (including phenoxy) is 1. The molecule has 0 bridgehead atoms. The largest absolute Gasteiger partial charge is 0.389 e. The number of likely N-dealkylation sites (tertiary alicyclic amines) is 1. The van der Waals surface area contributed by atoms with E-state index in [1.807, 2.05) is 24.3 Å². The maximum absolute atomic E-state index is 13.6. The van der Waals surface area contributed by atoms with Crippen molar-refractivity contribution in [3.05, 3.63) is 59.7 Å². The normalized spacial score (nSPS) is 19.3. The van der Waals surface area contributed by atoms with Gasteiger partial charge in [-0.1, -0.05) is 30.3 Å². The minimum absolute atomic E-state index is 0.0688. The van der Waals surface area contributed by atoms with E-state index in [-0.39, 0.29) is 5.91 Å². The highest BCUT2D eigenvalue weighted by Crippen LogP contribution is 2.38. The molecule has 2 aliphatic heterocycles. The Labute approximate surface area is 162 Å². The highest BCUT2D eigenvalue weighted by atomic mass is 19.2. The summed E-state index contributed by atoms with van der Waals surface area (Å²) in [6.45, 7) is 1.84.